The van der Waals surface area contributed by atoms with Gasteiger partial charge in [-0.3, -0.25) is 9.69 Å². The molecule has 1 aliphatic heterocycles. The summed E-state index contributed by atoms with van der Waals surface area (Å²) in [4.78, 5) is 14.5. The lowest BCUT2D eigenvalue weighted by Crippen LogP contribution is -2.44. The highest BCUT2D eigenvalue weighted by Crippen LogP contribution is 2.13. The van der Waals surface area contributed by atoms with E-state index in [0.717, 1.165) is 57.7 Å². The van der Waals surface area contributed by atoms with Gasteiger partial charge in [0, 0.05) is 32.1 Å². The van der Waals surface area contributed by atoms with Crippen molar-refractivity contribution < 1.29 is 4.79 Å². The smallest absolute Gasteiger partial charge is 0.220 e. The van der Waals surface area contributed by atoms with E-state index in [2.05, 4.69) is 44.8 Å². The molecule has 0 unspecified atom stereocenters. The molecule has 7 heteroatoms. The number of likely N-dealkylation sites (tertiary alicyclic amines) is 1. The Balaban J connectivity index is 1.38. The third-order valence-corrected chi connectivity index (χ3v) is 4.84. The number of aryl methyl sites for hydroxylation is 2. The van der Waals surface area contributed by atoms with E-state index in [4.69, 9.17) is 0 Å². The highest BCUT2D eigenvalue weighted by Gasteiger charge is 2.22. The monoisotopic (exact) mass is 356 g/mol. The van der Waals surface area contributed by atoms with Crippen LogP contribution in [-0.2, 0) is 24.3 Å². The number of piperidine rings is 1. The minimum Gasteiger partial charge on any atom is -0.353 e. The summed E-state index contributed by atoms with van der Waals surface area (Å²) in [6, 6.07) is 10.4. The van der Waals surface area contributed by atoms with Gasteiger partial charge in [0.2, 0.25) is 5.91 Å². The summed E-state index contributed by atoms with van der Waals surface area (Å²) in [6.45, 7) is 5.68. The number of carbonyl (C=O) groups excluding carboxylic acids is 1. The molecule has 3 rings (SSSR count). The lowest BCUT2D eigenvalue weighted by Gasteiger charge is -2.31. The highest BCUT2D eigenvalue weighted by molar-refractivity contribution is 5.76. The Hall–Kier alpha value is -2.28. The molecule has 0 bridgehead atoms. The summed E-state index contributed by atoms with van der Waals surface area (Å²) in [5, 5.41) is 15.2. The lowest BCUT2D eigenvalue weighted by molar-refractivity contribution is -0.122. The van der Waals surface area contributed by atoms with Crippen LogP contribution in [0.4, 0.5) is 0 Å². The zero-order chi connectivity index (χ0) is 18.2. The van der Waals surface area contributed by atoms with Gasteiger partial charge in [-0.25, -0.2) is 4.68 Å². The van der Waals surface area contributed by atoms with Gasteiger partial charge in [-0.05, 0) is 41.7 Å². The molecule has 1 amide bonds. The van der Waals surface area contributed by atoms with Crippen molar-refractivity contribution in [2.24, 2.45) is 0 Å². The molecular formula is C19H28N6O. The molecular weight excluding hydrogens is 328 g/mol. The number of rotatable bonds is 8. The van der Waals surface area contributed by atoms with Crippen molar-refractivity contribution in [1.29, 1.82) is 0 Å². The van der Waals surface area contributed by atoms with E-state index >= 15 is 0 Å². The molecule has 0 saturated carbocycles. The van der Waals surface area contributed by atoms with Gasteiger partial charge in [0.25, 0.3) is 0 Å². The van der Waals surface area contributed by atoms with Crippen molar-refractivity contribution in [1.82, 2.24) is 30.4 Å². The first-order valence-corrected chi connectivity index (χ1v) is 9.55. The number of hydrogen-bond acceptors (Lipinski definition) is 5. The molecule has 1 N–H and O–H groups in total. The number of aromatic nitrogens is 4. The van der Waals surface area contributed by atoms with Crippen molar-refractivity contribution in [3.8, 4) is 0 Å². The zero-order valence-electron chi connectivity index (χ0n) is 15.5. The summed E-state index contributed by atoms with van der Waals surface area (Å²) >= 11 is 0. The fourth-order valence-electron chi connectivity index (χ4n) is 3.36. The van der Waals surface area contributed by atoms with E-state index in [1.165, 1.54) is 5.56 Å². The number of nitrogens with one attached hydrogen (secondary N) is 1. The number of hydrogen-bond donors (Lipinski definition) is 1. The fraction of sp³-hybridized carbons (Fsp3) is 0.579. The maximum absolute atomic E-state index is 12.2. The minimum absolute atomic E-state index is 0.152. The molecule has 1 aliphatic rings. The van der Waals surface area contributed by atoms with Crippen molar-refractivity contribution in [2.45, 2.75) is 58.2 Å². The third kappa shape index (κ3) is 5.36. The first-order chi connectivity index (χ1) is 12.7. The van der Waals surface area contributed by atoms with Crippen molar-refractivity contribution in [3.05, 3.63) is 41.7 Å². The molecule has 1 aromatic heterocycles. The van der Waals surface area contributed by atoms with Crippen LogP contribution in [0.1, 0.15) is 44.0 Å². The Morgan fingerprint density at radius 1 is 1.23 bits per heavy atom. The van der Waals surface area contributed by atoms with Gasteiger partial charge in [-0.1, -0.05) is 37.3 Å². The van der Waals surface area contributed by atoms with Gasteiger partial charge >= 0.3 is 0 Å². The Morgan fingerprint density at radius 2 is 2.00 bits per heavy atom. The van der Waals surface area contributed by atoms with E-state index in [-0.39, 0.29) is 11.9 Å². The standard InChI is InChI=1S/C19H28N6O/c1-2-12-25-18(21-22-23-25)15-24-13-10-17(11-14-24)20-19(26)9-8-16-6-4-3-5-7-16/h3-7,17H,2,8-15H2,1H3,(H,20,26). The quantitative estimate of drug-likeness (QED) is 0.780. The first kappa shape index (κ1) is 18.5. The molecule has 26 heavy (non-hydrogen) atoms. The molecule has 7 nitrogen and oxygen atoms in total. The van der Waals surface area contributed by atoms with Crippen molar-refractivity contribution >= 4 is 5.91 Å². The summed E-state index contributed by atoms with van der Waals surface area (Å²) in [5.41, 5.74) is 1.21. The summed E-state index contributed by atoms with van der Waals surface area (Å²) in [7, 11) is 0. The Kier molecular flexibility index (Phi) is 6.71. The molecule has 140 valence electrons. The number of nitrogens with zero attached hydrogens (tertiary/aromatic N) is 5. The molecule has 1 fully saturated rings. The maximum Gasteiger partial charge on any atom is 0.220 e. The average molecular weight is 356 g/mol. The van der Waals surface area contributed by atoms with Crippen LogP contribution < -0.4 is 5.32 Å². The van der Waals surface area contributed by atoms with Crippen LogP contribution in [0.5, 0.6) is 0 Å². The average Bonchev–Trinajstić information content (AvgIpc) is 3.10. The fourth-order valence-corrected chi connectivity index (χ4v) is 3.36. The topological polar surface area (TPSA) is 75.9 Å². The van der Waals surface area contributed by atoms with Crippen LogP contribution in [0.25, 0.3) is 0 Å². The van der Waals surface area contributed by atoms with Crippen LogP contribution in [0.15, 0.2) is 30.3 Å². The van der Waals surface area contributed by atoms with E-state index in [0.29, 0.717) is 6.42 Å². The summed E-state index contributed by atoms with van der Waals surface area (Å²) < 4.78 is 1.89. The van der Waals surface area contributed by atoms with Crippen LogP contribution in [0, 0.1) is 0 Å². The Bertz CT molecular complexity index is 678. The minimum atomic E-state index is 0.152. The highest BCUT2D eigenvalue weighted by atomic mass is 16.1. The van der Waals surface area contributed by atoms with Crippen LogP contribution in [0.3, 0.4) is 0 Å². The molecule has 2 heterocycles. The Labute approximate surface area is 154 Å². The molecule has 1 aromatic carbocycles. The van der Waals surface area contributed by atoms with E-state index in [1.54, 1.807) is 0 Å². The third-order valence-electron chi connectivity index (χ3n) is 4.84. The number of carbonyl (C=O) groups is 1. The second-order valence-corrected chi connectivity index (χ2v) is 6.92. The van der Waals surface area contributed by atoms with Crippen LogP contribution in [-0.4, -0.2) is 50.1 Å². The van der Waals surface area contributed by atoms with Crippen molar-refractivity contribution in [3.63, 3.8) is 0 Å². The van der Waals surface area contributed by atoms with Gasteiger partial charge in [-0.2, -0.15) is 0 Å². The predicted molar refractivity (Wildman–Crippen MR) is 99.3 cm³/mol. The van der Waals surface area contributed by atoms with E-state index in [1.807, 2.05) is 22.9 Å². The summed E-state index contributed by atoms with van der Waals surface area (Å²) in [6.07, 6.45) is 4.33. The molecule has 0 aliphatic carbocycles. The van der Waals surface area contributed by atoms with Crippen molar-refractivity contribution in [2.75, 3.05) is 13.1 Å². The van der Waals surface area contributed by atoms with E-state index in [9.17, 15) is 4.79 Å². The normalized spacial score (nSPS) is 15.9. The largest absolute Gasteiger partial charge is 0.353 e. The maximum atomic E-state index is 12.2. The number of tetrazole rings is 1. The van der Waals surface area contributed by atoms with Gasteiger partial charge in [0.1, 0.15) is 0 Å². The molecule has 2 aromatic rings. The molecule has 0 spiro atoms. The Morgan fingerprint density at radius 3 is 2.73 bits per heavy atom. The van der Waals surface area contributed by atoms with Gasteiger partial charge in [0.15, 0.2) is 5.82 Å². The van der Waals surface area contributed by atoms with Crippen LogP contribution in [0.2, 0.25) is 0 Å². The van der Waals surface area contributed by atoms with Gasteiger partial charge in [0.05, 0.1) is 6.54 Å². The zero-order valence-corrected chi connectivity index (χ0v) is 15.5. The van der Waals surface area contributed by atoms with Gasteiger partial charge in [-0.15, -0.1) is 5.10 Å². The number of benzene rings is 1. The van der Waals surface area contributed by atoms with Gasteiger partial charge < -0.3 is 5.32 Å². The first-order valence-electron chi connectivity index (χ1n) is 9.55. The van der Waals surface area contributed by atoms with E-state index < -0.39 is 0 Å². The molecule has 1 saturated heterocycles. The predicted octanol–water partition coefficient (Wildman–Crippen LogP) is 1.80. The summed E-state index contributed by atoms with van der Waals surface area (Å²) in [5.74, 6) is 1.08. The second kappa shape index (κ2) is 9.43. The SMILES string of the molecule is CCCn1nnnc1CN1CCC(NC(=O)CCc2ccccc2)CC1. The second-order valence-electron chi connectivity index (χ2n) is 6.92. The molecule has 0 atom stereocenters. The molecule has 0 radical (unpaired) electrons. The van der Waals surface area contributed by atoms with Crippen LogP contribution >= 0.6 is 0 Å². The number of amides is 1. The lowest BCUT2D eigenvalue weighted by atomic mass is 10.0.